The quantitative estimate of drug-likeness (QED) is 0.387. The maximum absolute atomic E-state index is 12.5. The number of nitrogens with zero attached hydrogens (tertiary/aromatic N) is 3. The molecule has 9 heteroatoms. The summed E-state index contributed by atoms with van der Waals surface area (Å²) in [5.41, 5.74) is 2.68. The van der Waals surface area contributed by atoms with Crippen molar-refractivity contribution in [3.8, 4) is 17.1 Å². The minimum absolute atomic E-state index is 0.131. The number of thioether (sulfide) groups is 1. The van der Waals surface area contributed by atoms with E-state index in [0.29, 0.717) is 29.7 Å². The SMILES string of the molecule is COCCn1c(SCC(=O)Nc2cccc(OC)c2)nnc1-c1c[nH]c2ccccc12. The molecule has 2 N–H and O–H groups in total. The van der Waals surface area contributed by atoms with Crippen molar-refractivity contribution in [1.29, 1.82) is 0 Å². The van der Waals surface area contributed by atoms with E-state index in [-0.39, 0.29) is 11.7 Å². The van der Waals surface area contributed by atoms with Crippen molar-refractivity contribution >= 4 is 34.3 Å². The van der Waals surface area contributed by atoms with Gasteiger partial charge in [-0.15, -0.1) is 10.2 Å². The molecule has 0 aliphatic heterocycles. The van der Waals surface area contributed by atoms with Crippen LogP contribution in [0.25, 0.3) is 22.3 Å². The van der Waals surface area contributed by atoms with Crippen LogP contribution in [0.5, 0.6) is 5.75 Å². The molecule has 0 unspecified atom stereocenters. The second kappa shape index (κ2) is 9.67. The Morgan fingerprint density at radius 1 is 1.16 bits per heavy atom. The van der Waals surface area contributed by atoms with Crippen molar-refractivity contribution < 1.29 is 14.3 Å². The number of amides is 1. The number of anilines is 1. The fraction of sp³-hybridized carbons (Fsp3) is 0.227. The van der Waals surface area contributed by atoms with Crippen LogP contribution >= 0.6 is 11.8 Å². The number of benzene rings is 2. The molecule has 4 rings (SSSR count). The zero-order valence-electron chi connectivity index (χ0n) is 17.3. The number of nitrogens with one attached hydrogen (secondary N) is 2. The highest BCUT2D eigenvalue weighted by molar-refractivity contribution is 7.99. The highest BCUT2D eigenvalue weighted by Crippen LogP contribution is 2.30. The number of methoxy groups -OCH3 is 2. The fourth-order valence-electron chi connectivity index (χ4n) is 3.26. The van der Waals surface area contributed by atoms with Crippen LogP contribution in [0.4, 0.5) is 5.69 Å². The van der Waals surface area contributed by atoms with Crippen molar-refractivity contribution in [3.63, 3.8) is 0 Å². The molecule has 0 fully saturated rings. The van der Waals surface area contributed by atoms with E-state index in [2.05, 4.69) is 20.5 Å². The molecule has 0 radical (unpaired) electrons. The van der Waals surface area contributed by atoms with E-state index in [4.69, 9.17) is 9.47 Å². The van der Waals surface area contributed by atoms with Gasteiger partial charge < -0.3 is 19.8 Å². The number of aromatic amines is 1. The lowest BCUT2D eigenvalue weighted by molar-refractivity contribution is -0.113. The molecule has 4 aromatic rings. The van der Waals surface area contributed by atoms with Crippen LogP contribution in [0.1, 0.15) is 0 Å². The second-order valence-electron chi connectivity index (χ2n) is 6.77. The predicted octanol–water partition coefficient (Wildman–Crippen LogP) is 3.81. The highest BCUT2D eigenvalue weighted by Gasteiger charge is 2.18. The summed E-state index contributed by atoms with van der Waals surface area (Å²) in [4.78, 5) is 15.7. The topological polar surface area (TPSA) is 94.1 Å². The molecule has 8 nitrogen and oxygen atoms in total. The minimum atomic E-state index is -0.131. The number of hydrogen-bond acceptors (Lipinski definition) is 6. The molecule has 1 amide bonds. The molecule has 2 heterocycles. The first-order chi connectivity index (χ1) is 15.2. The monoisotopic (exact) mass is 437 g/mol. The standard InChI is InChI=1S/C22H23N5O3S/c1-29-11-10-27-21(18-13-23-19-9-4-3-8-17(18)19)25-26-22(27)31-14-20(28)24-15-6-5-7-16(12-15)30-2/h3-9,12-13,23H,10-11,14H2,1-2H3,(H,24,28). The zero-order valence-corrected chi connectivity index (χ0v) is 18.1. The Bertz CT molecular complexity index is 1190. The van der Waals surface area contributed by atoms with Gasteiger partial charge in [0.2, 0.25) is 5.91 Å². The first kappa shape index (κ1) is 21.0. The van der Waals surface area contributed by atoms with Crippen molar-refractivity contribution in [3.05, 3.63) is 54.7 Å². The van der Waals surface area contributed by atoms with Crippen molar-refractivity contribution in [1.82, 2.24) is 19.7 Å². The van der Waals surface area contributed by atoms with Gasteiger partial charge in [-0.25, -0.2) is 0 Å². The fourth-order valence-corrected chi connectivity index (χ4v) is 4.03. The van der Waals surface area contributed by atoms with Gasteiger partial charge in [-0.2, -0.15) is 0 Å². The molecule has 0 saturated carbocycles. The third-order valence-corrected chi connectivity index (χ3v) is 5.72. The molecule has 160 valence electrons. The van der Waals surface area contributed by atoms with E-state index >= 15 is 0 Å². The third-order valence-electron chi connectivity index (χ3n) is 4.75. The summed E-state index contributed by atoms with van der Waals surface area (Å²) in [6.07, 6.45) is 1.93. The van der Waals surface area contributed by atoms with Gasteiger partial charge in [0.25, 0.3) is 0 Å². The maximum Gasteiger partial charge on any atom is 0.234 e. The number of para-hydroxylation sites is 1. The lowest BCUT2D eigenvalue weighted by atomic mass is 10.1. The van der Waals surface area contributed by atoms with Crippen LogP contribution < -0.4 is 10.1 Å². The first-order valence-corrected chi connectivity index (χ1v) is 10.7. The number of carbonyl (C=O) groups excluding carboxylic acids is 1. The van der Waals surface area contributed by atoms with Crippen LogP contribution in [-0.2, 0) is 16.1 Å². The molecule has 31 heavy (non-hydrogen) atoms. The summed E-state index contributed by atoms with van der Waals surface area (Å²) in [6.45, 7) is 1.09. The van der Waals surface area contributed by atoms with Crippen LogP contribution in [0.15, 0.2) is 59.9 Å². The van der Waals surface area contributed by atoms with Gasteiger partial charge in [0, 0.05) is 41.5 Å². The van der Waals surface area contributed by atoms with Crippen molar-refractivity contribution in [2.24, 2.45) is 0 Å². The number of hydrogen-bond donors (Lipinski definition) is 2. The molecule has 0 bridgehead atoms. The van der Waals surface area contributed by atoms with E-state index in [0.717, 1.165) is 22.3 Å². The van der Waals surface area contributed by atoms with Gasteiger partial charge in [-0.05, 0) is 18.2 Å². The molecule has 0 atom stereocenters. The molecule has 0 saturated heterocycles. The van der Waals surface area contributed by atoms with E-state index in [1.54, 1.807) is 20.3 Å². The van der Waals surface area contributed by atoms with Crippen molar-refractivity contribution in [2.75, 3.05) is 31.9 Å². The molecule has 0 spiro atoms. The van der Waals surface area contributed by atoms with Gasteiger partial charge in [0.1, 0.15) is 5.75 Å². The number of rotatable bonds is 9. The van der Waals surface area contributed by atoms with Gasteiger partial charge in [-0.1, -0.05) is 36.0 Å². The number of fused-ring (bicyclic) bond motifs is 1. The Hall–Kier alpha value is -3.30. The van der Waals surface area contributed by atoms with Crippen molar-refractivity contribution in [2.45, 2.75) is 11.7 Å². The Morgan fingerprint density at radius 3 is 2.87 bits per heavy atom. The average Bonchev–Trinajstić information content (AvgIpc) is 3.40. The Kier molecular flexibility index (Phi) is 6.54. The smallest absolute Gasteiger partial charge is 0.234 e. The summed E-state index contributed by atoms with van der Waals surface area (Å²) >= 11 is 1.34. The number of aromatic nitrogens is 4. The van der Waals surface area contributed by atoms with Gasteiger partial charge in [-0.3, -0.25) is 9.36 Å². The molecule has 0 aliphatic carbocycles. The van der Waals surface area contributed by atoms with E-state index in [9.17, 15) is 4.79 Å². The molecule has 2 aromatic heterocycles. The minimum Gasteiger partial charge on any atom is -0.497 e. The Morgan fingerprint density at radius 2 is 2.03 bits per heavy atom. The van der Waals surface area contributed by atoms with E-state index in [1.807, 2.05) is 53.2 Å². The second-order valence-corrected chi connectivity index (χ2v) is 7.71. The third kappa shape index (κ3) is 4.73. The zero-order chi connectivity index (χ0) is 21.6. The highest BCUT2D eigenvalue weighted by atomic mass is 32.2. The summed E-state index contributed by atoms with van der Waals surface area (Å²) in [6, 6.07) is 15.3. The van der Waals surface area contributed by atoms with Crippen LogP contribution in [-0.4, -0.2) is 52.2 Å². The van der Waals surface area contributed by atoms with Crippen LogP contribution in [0.2, 0.25) is 0 Å². The van der Waals surface area contributed by atoms with E-state index < -0.39 is 0 Å². The average molecular weight is 438 g/mol. The summed E-state index contributed by atoms with van der Waals surface area (Å²) in [5, 5.41) is 13.4. The van der Waals surface area contributed by atoms with Gasteiger partial charge in [0.15, 0.2) is 11.0 Å². The molecular weight excluding hydrogens is 414 g/mol. The Labute approximate surface area is 184 Å². The molecule has 0 aliphatic rings. The lowest BCUT2D eigenvalue weighted by Gasteiger charge is -2.10. The number of carbonyl (C=O) groups is 1. The van der Waals surface area contributed by atoms with Crippen LogP contribution in [0.3, 0.4) is 0 Å². The summed E-state index contributed by atoms with van der Waals surface area (Å²) < 4.78 is 12.5. The number of ether oxygens (including phenoxy) is 2. The summed E-state index contributed by atoms with van der Waals surface area (Å²) in [5.74, 6) is 1.50. The van der Waals surface area contributed by atoms with Gasteiger partial charge >= 0.3 is 0 Å². The molecule has 2 aromatic carbocycles. The van der Waals surface area contributed by atoms with E-state index in [1.165, 1.54) is 11.8 Å². The van der Waals surface area contributed by atoms with Crippen LogP contribution in [0, 0.1) is 0 Å². The van der Waals surface area contributed by atoms with Gasteiger partial charge in [0.05, 0.1) is 26.0 Å². The lowest BCUT2D eigenvalue weighted by Crippen LogP contribution is -2.15. The Balaban J connectivity index is 1.52. The largest absolute Gasteiger partial charge is 0.497 e. The number of H-pyrrole nitrogens is 1. The summed E-state index contributed by atoms with van der Waals surface area (Å²) in [7, 11) is 3.25. The predicted molar refractivity (Wildman–Crippen MR) is 122 cm³/mol. The maximum atomic E-state index is 12.5. The molecular formula is C22H23N5O3S. The normalized spacial score (nSPS) is 11.0. The first-order valence-electron chi connectivity index (χ1n) is 9.75.